The van der Waals surface area contributed by atoms with Crippen LogP contribution in [0.4, 0.5) is 0 Å². The number of carbonyl (C=O) groups is 1. The van der Waals surface area contributed by atoms with E-state index in [0.717, 1.165) is 23.1 Å². The van der Waals surface area contributed by atoms with Crippen LogP contribution in [0, 0.1) is 5.92 Å². The van der Waals surface area contributed by atoms with Gasteiger partial charge in [0.1, 0.15) is 5.41 Å². The quantitative estimate of drug-likeness (QED) is 0.548. The van der Waals surface area contributed by atoms with Crippen molar-refractivity contribution in [1.29, 1.82) is 0 Å². The highest BCUT2D eigenvalue weighted by atomic mass is 28.1. The van der Waals surface area contributed by atoms with Gasteiger partial charge in [-0.3, -0.25) is 0 Å². The van der Waals surface area contributed by atoms with Crippen molar-refractivity contribution in [2.24, 2.45) is 5.92 Å². The molecule has 0 aromatic heterocycles. The lowest BCUT2D eigenvalue weighted by molar-refractivity contribution is -0.115. The zero-order valence-corrected chi connectivity index (χ0v) is 9.31. The van der Waals surface area contributed by atoms with Crippen molar-refractivity contribution < 1.29 is 4.79 Å². The van der Waals surface area contributed by atoms with E-state index in [2.05, 4.69) is 13.8 Å². The van der Waals surface area contributed by atoms with Crippen molar-refractivity contribution in [2.45, 2.75) is 39.5 Å². The lowest BCUT2D eigenvalue weighted by Crippen LogP contribution is -2.12. The first kappa shape index (κ1) is 9.89. The highest BCUT2D eigenvalue weighted by Crippen LogP contribution is 2.11. The summed E-state index contributed by atoms with van der Waals surface area (Å²) in [4.78, 5) is 10.9. The topological polar surface area (TPSA) is 17.1 Å². The summed E-state index contributed by atoms with van der Waals surface area (Å²) in [5.74, 6) is 0.395. The first-order valence-corrected chi connectivity index (χ1v) is 5.22. The van der Waals surface area contributed by atoms with Crippen LogP contribution in [0.1, 0.15) is 39.5 Å². The van der Waals surface area contributed by atoms with E-state index in [0.29, 0.717) is 11.3 Å². The molecule has 10 heavy (non-hydrogen) atoms. The summed E-state index contributed by atoms with van der Waals surface area (Å²) >= 11 is 0. The monoisotopic (exact) mass is 158 g/mol. The van der Waals surface area contributed by atoms with Gasteiger partial charge in [-0.05, 0) is 12.8 Å². The van der Waals surface area contributed by atoms with Crippen molar-refractivity contribution in [3.63, 3.8) is 0 Å². The minimum atomic E-state index is 0.395. The maximum absolute atomic E-state index is 10.9. The highest BCUT2D eigenvalue weighted by Gasteiger charge is 2.09. The summed E-state index contributed by atoms with van der Waals surface area (Å²) in [5, 5.41) is 0.496. The molecule has 0 radical (unpaired) electrons. The smallest absolute Gasteiger partial charge is 0.103 e. The normalized spacial score (nSPS) is 13.4. The van der Waals surface area contributed by atoms with Gasteiger partial charge in [0.25, 0.3) is 0 Å². The Bertz CT molecular complexity index is 101. The number of hydrogen-bond acceptors (Lipinski definition) is 1. The summed E-state index contributed by atoms with van der Waals surface area (Å²) < 4.78 is 0. The molecule has 0 spiro atoms. The lowest BCUT2D eigenvalue weighted by Gasteiger charge is -2.08. The van der Waals surface area contributed by atoms with Crippen LogP contribution < -0.4 is 0 Å². The molecule has 0 aliphatic rings. The maximum atomic E-state index is 10.9. The Kier molecular flexibility index (Phi) is 5.59. The second-order valence-corrected chi connectivity index (χ2v) is 3.84. The van der Waals surface area contributed by atoms with E-state index in [1.807, 2.05) is 0 Å². The highest BCUT2D eigenvalue weighted by molar-refractivity contribution is 6.58. The Morgan fingerprint density at radius 1 is 1.50 bits per heavy atom. The molecule has 0 aliphatic carbocycles. The third-order valence-corrected chi connectivity index (χ3v) is 2.79. The summed E-state index contributed by atoms with van der Waals surface area (Å²) in [6.07, 6.45) is 4.59. The SMILES string of the molecule is CCCCC(CC)C(=O)[SiH3]. The molecular formula is C8H18OSi. The molecule has 0 aromatic rings. The first-order chi connectivity index (χ1) is 4.72. The molecule has 1 unspecified atom stereocenters. The predicted molar refractivity (Wildman–Crippen MR) is 48.3 cm³/mol. The number of hydrogen-bond donors (Lipinski definition) is 0. The van der Waals surface area contributed by atoms with Crippen molar-refractivity contribution >= 4 is 15.6 Å². The Labute approximate surface area is 66.6 Å². The summed E-state index contributed by atoms with van der Waals surface area (Å²) in [7, 11) is 0.740. The molecule has 0 N–H and O–H groups in total. The molecule has 1 atom stereocenters. The average Bonchev–Trinajstić information content (AvgIpc) is 1.89. The van der Waals surface area contributed by atoms with Crippen molar-refractivity contribution in [2.75, 3.05) is 0 Å². The number of carbonyl (C=O) groups excluding carboxylic acids is 1. The van der Waals surface area contributed by atoms with Crippen LogP contribution in [-0.4, -0.2) is 15.6 Å². The molecule has 0 aromatic carbocycles. The van der Waals surface area contributed by atoms with Crippen LogP contribution >= 0.6 is 0 Å². The molecular weight excluding hydrogens is 140 g/mol. The largest absolute Gasteiger partial charge is 0.306 e. The Morgan fingerprint density at radius 2 is 2.10 bits per heavy atom. The molecule has 0 heterocycles. The second-order valence-electron chi connectivity index (χ2n) is 2.86. The van der Waals surface area contributed by atoms with Gasteiger partial charge in [-0.1, -0.05) is 26.7 Å². The Morgan fingerprint density at radius 3 is 2.40 bits per heavy atom. The third-order valence-electron chi connectivity index (χ3n) is 1.97. The van der Waals surface area contributed by atoms with E-state index in [9.17, 15) is 4.79 Å². The van der Waals surface area contributed by atoms with Gasteiger partial charge in [0, 0.05) is 5.92 Å². The number of rotatable bonds is 5. The fraction of sp³-hybridized carbons (Fsp3) is 0.875. The molecule has 0 fully saturated rings. The van der Waals surface area contributed by atoms with Crippen LogP contribution in [-0.2, 0) is 4.79 Å². The van der Waals surface area contributed by atoms with Gasteiger partial charge < -0.3 is 4.79 Å². The zero-order valence-electron chi connectivity index (χ0n) is 7.31. The minimum absolute atomic E-state index is 0.395. The fourth-order valence-corrected chi connectivity index (χ4v) is 1.84. The van der Waals surface area contributed by atoms with Gasteiger partial charge in [0.2, 0.25) is 0 Å². The van der Waals surface area contributed by atoms with Gasteiger partial charge >= 0.3 is 0 Å². The average molecular weight is 158 g/mol. The van der Waals surface area contributed by atoms with Crippen LogP contribution in [0.3, 0.4) is 0 Å². The van der Waals surface area contributed by atoms with E-state index in [4.69, 9.17) is 0 Å². The predicted octanol–water partition coefficient (Wildman–Crippen LogP) is 1.09. The molecule has 2 heteroatoms. The zero-order chi connectivity index (χ0) is 7.98. The fourth-order valence-electron chi connectivity index (χ4n) is 1.15. The summed E-state index contributed by atoms with van der Waals surface area (Å²) in [6, 6.07) is 0. The summed E-state index contributed by atoms with van der Waals surface area (Å²) in [6.45, 7) is 4.28. The number of unbranched alkanes of at least 4 members (excludes halogenated alkanes) is 1. The molecule has 1 nitrogen and oxygen atoms in total. The molecule has 0 saturated heterocycles. The van der Waals surface area contributed by atoms with Crippen LogP contribution in [0.15, 0.2) is 0 Å². The van der Waals surface area contributed by atoms with E-state index in [1.54, 1.807) is 0 Å². The van der Waals surface area contributed by atoms with Crippen molar-refractivity contribution in [1.82, 2.24) is 0 Å². The third kappa shape index (κ3) is 3.83. The standard InChI is InChI=1S/C8H18OSi/c1-3-5-6-7(4-2)8(9)10/h7H,3-6H2,1-2,10H3. The van der Waals surface area contributed by atoms with Crippen LogP contribution in [0.25, 0.3) is 0 Å². The van der Waals surface area contributed by atoms with E-state index in [-0.39, 0.29) is 0 Å². The van der Waals surface area contributed by atoms with Crippen LogP contribution in [0.2, 0.25) is 0 Å². The Balaban J connectivity index is 3.50. The van der Waals surface area contributed by atoms with E-state index in [1.165, 1.54) is 12.8 Å². The van der Waals surface area contributed by atoms with Gasteiger partial charge in [0.15, 0.2) is 0 Å². The molecule has 60 valence electrons. The van der Waals surface area contributed by atoms with E-state index >= 15 is 0 Å². The van der Waals surface area contributed by atoms with Crippen molar-refractivity contribution in [3.05, 3.63) is 0 Å². The second kappa shape index (κ2) is 5.66. The summed E-state index contributed by atoms with van der Waals surface area (Å²) in [5.41, 5.74) is 0. The maximum Gasteiger partial charge on any atom is 0.103 e. The molecule has 0 rings (SSSR count). The molecule has 0 amide bonds. The van der Waals surface area contributed by atoms with Gasteiger partial charge in [-0.15, -0.1) is 0 Å². The minimum Gasteiger partial charge on any atom is -0.306 e. The Hall–Kier alpha value is -0.113. The van der Waals surface area contributed by atoms with Gasteiger partial charge in [0.05, 0.1) is 10.2 Å². The van der Waals surface area contributed by atoms with E-state index < -0.39 is 0 Å². The first-order valence-electron chi connectivity index (χ1n) is 4.22. The molecule has 0 aliphatic heterocycles. The van der Waals surface area contributed by atoms with Crippen molar-refractivity contribution in [3.8, 4) is 0 Å². The molecule has 0 saturated carbocycles. The van der Waals surface area contributed by atoms with Gasteiger partial charge in [-0.2, -0.15) is 0 Å². The van der Waals surface area contributed by atoms with Gasteiger partial charge in [-0.25, -0.2) is 0 Å². The van der Waals surface area contributed by atoms with Crippen LogP contribution in [0.5, 0.6) is 0 Å². The lowest BCUT2D eigenvalue weighted by atomic mass is 10.0. The molecule has 0 bridgehead atoms.